The van der Waals surface area contributed by atoms with Crippen molar-refractivity contribution in [3.63, 3.8) is 0 Å². The first-order chi connectivity index (χ1) is 14.3. The van der Waals surface area contributed by atoms with Gasteiger partial charge in [0.15, 0.2) is 0 Å². The van der Waals surface area contributed by atoms with E-state index in [2.05, 4.69) is 101 Å². The van der Waals surface area contributed by atoms with Crippen LogP contribution in [0.4, 0.5) is 22.7 Å². The summed E-state index contributed by atoms with van der Waals surface area (Å²) in [4.78, 5) is 5.13. The summed E-state index contributed by atoms with van der Waals surface area (Å²) >= 11 is 0. The first-order valence-corrected chi connectivity index (χ1v) is 10.3. The number of rotatable bonds is 0. The molecule has 0 saturated carbocycles. The van der Waals surface area contributed by atoms with E-state index in [4.69, 9.17) is 0 Å². The molecule has 0 spiro atoms. The Labute approximate surface area is 171 Å². The highest BCUT2D eigenvalue weighted by Crippen LogP contribution is 2.54. The Morgan fingerprint density at radius 2 is 1.45 bits per heavy atom. The van der Waals surface area contributed by atoms with Gasteiger partial charge in [0.1, 0.15) is 0 Å². The lowest BCUT2D eigenvalue weighted by Crippen LogP contribution is -2.56. The van der Waals surface area contributed by atoms with E-state index in [9.17, 15) is 0 Å². The Balaban J connectivity index is 1.59. The molecule has 4 aromatic rings. The van der Waals surface area contributed by atoms with Gasteiger partial charge in [-0.05, 0) is 47.3 Å². The van der Waals surface area contributed by atoms with Gasteiger partial charge in [0.05, 0.1) is 11.4 Å². The lowest BCUT2D eigenvalue weighted by atomic mass is 9.59. The van der Waals surface area contributed by atoms with E-state index in [0.717, 1.165) is 6.42 Å². The third-order valence-corrected chi connectivity index (χ3v) is 6.66. The summed E-state index contributed by atoms with van der Waals surface area (Å²) in [6.45, 7) is 2.34. The predicted molar refractivity (Wildman–Crippen MR) is 122 cm³/mol. The molecule has 3 heterocycles. The highest BCUT2D eigenvalue weighted by molar-refractivity contribution is 6.86. The predicted octanol–water partition coefficient (Wildman–Crippen LogP) is 5.56. The molecule has 0 atom stereocenters. The van der Waals surface area contributed by atoms with Gasteiger partial charge in [-0.25, -0.2) is 0 Å². The summed E-state index contributed by atoms with van der Waals surface area (Å²) in [6, 6.07) is 31.5. The van der Waals surface area contributed by atoms with E-state index < -0.39 is 0 Å². The molecule has 2 nitrogen and oxygen atoms in total. The van der Waals surface area contributed by atoms with Crippen LogP contribution in [-0.2, 0) is 6.42 Å². The molecular formula is C26H19BN2. The Bertz CT molecular complexity index is 1330. The number of benzene rings is 4. The maximum Gasteiger partial charge on any atom is 0.421 e. The minimum Gasteiger partial charge on any atom is -0.359 e. The SMILES string of the molecule is Cc1ccc2c(c1)Cc1cccc3c1N2B1c2ccccc2-c2ccccc2N13. The summed E-state index contributed by atoms with van der Waals surface area (Å²) in [5, 5.41) is 0. The monoisotopic (exact) mass is 370 g/mol. The van der Waals surface area contributed by atoms with Crippen LogP contribution in [0.25, 0.3) is 11.1 Å². The van der Waals surface area contributed by atoms with Gasteiger partial charge in [-0.1, -0.05) is 72.3 Å². The summed E-state index contributed by atoms with van der Waals surface area (Å²) < 4.78 is 0. The van der Waals surface area contributed by atoms with Crippen molar-refractivity contribution in [3.05, 3.63) is 102 Å². The molecule has 0 amide bonds. The van der Waals surface area contributed by atoms with Crippen molar-refractivity contribution in [1.29, 1.82) is 0 Å². The Morgan fingerprint density at radius 1 is 0.655 bits per heavy atom. The molecule has 0 fully saturated rings. The number of aryl methyl sites for hydroxylation is 1. The van der Waals surface area contributed by atoms with Crippen molar-refractivity contribution in [1.82, 2.24) is 0 Å². The largest absolute Gasteiger partial charge is 0.421 e. The quantitative estimate of drug-likeness (QED) is 0.374. The highest BCUT2D eigenvalue weighted by Gasteiger charge is 2.49. The van der Waals surface area contributed by atoms with Crippen molar-refractivity contribution in [2.24, 2.45) is 0 Å². The molecule has 0 aromatic heterocycles. The summed E-state index contributed by atoms with van der Waals surface area (Å²) in [6.07, 6.45) is 1.00. The maximum atomic E-state index is 2.58. The number of fused-ring (bicyclic) bond motifs is 10. The Morgan fingerprint density at radius 3 is 2.38 bits per heavy atom. The van der Waals surface area contributed by atoms with E-state index in [1.165, 1.54) is 56.0 Å². The average molecular weight is 370 g/mol. The third-order valence-electron chi connectivity index (χ3n) is 6.66. The fourth-order valence-corrected chi connectivity index (χ4v) is 5.53. The fraction of sp³-hybridized carbons (Fsp3) is 0.0769. The van der Waals surface area contributed by atoms with Crippen LogP contribution in [0.2, 0.25) is 0 Å². The van der Waals surface area contributed by atoms with Gasteiger partial charge < -0.3 is 9.62 Å². The Kier molecular flexibility index (Phi) is 2.84. The van der Waals surface area contributed by atoms with Crippen molar-refractivity contribution in [2.75, 3.05) is 9.62 Å². The van der Waals surface area contributed by atoms with Gasteiger partial charge in [-0.2, -0.15) is 0 Å². The normalized spacial score (nSPS) is 14.7. The minimum atomic E-state index is 0.152. The summed E-state index contributed by atoms with van der Waals surface area (Å²) in [5.41, 5.74) is 13.6. The van der Waals surface area contributed by atoms with E-state index in [0.29, 0.717) is 0 Å². The van der Waals surface area contributed by atoms with Gasteiger partial charge >= 0.3 is 6.98 Å². The van der Waals surface area contributed by atoms with Crippen LogP contribution < -0.4 is 15.1 Å². The highest BCUT2D eigenvalue weighted by atomic mass is 15.3. The van der Waals surface area contributed by atoms with Crippen molar-refractivity contribution in [3.8, 4) is 11.1 Å². The van der Waals surface area contributed by atoms with Crippen LogP contribution in [0.5, 0.6) is 0 Å². The number of hydrogen-bond donors (Lipinski definition) is 0. The van der Waals surface area contributed by atoms with Gasteiger partial charge in [-0.3, -0.25) is 0 Å². The van der Waals surface area contributed by atoms with E-state index in [1.54, 1.807) is 0 Å². The molecule has 0 N–H and O–H groups in total. The van der Waals surface area contributed by atoms with E-state index in [1.807, 2.05) is 0 Å². The molecule has 0 unspecified atom stereocenters. The van der Waals surface area contributed by atoms with Crippen LogP contribution in [0.3, 0.4) is 0 Å². The van der Waals surface area contributed by atoms with Crippen LogP contribution in [0.1, 0.15) is 16.7 Å². The van der Waals surface area contributed by atoms with Gasteiger partial charge in [-0.15, -0.1) is 0 Å². The molecule has 7 rings (SSSR count). The molecule has 29 heavy (non-hydrogen) atoms. The third kappa shape index (κ3) is 1.88. The van der Waals surface area contributed by atoms with Crippen molar-refractivity contribution >= 4 is 35.2 Å². The maximum absolute atomic E-state index is 2.58. The second-order valence-electron chi connectivity index (χ2n) is 8.31. The molecule has 0 saturated heterocycles. The van der Waals surface area contributed by atoms with Crippen molar-refractivity contribution < 1.29 is 0 Å². The standard InChI is InChI=1S/C26H19BN2/c1-17-13-14-23-19(15-17)16-18-7-6-12-25-26(18)29(23)27-22-10-4-2-8-20(22)21-9-3-5-11-24(21)28(25)27/h2-15H,16H2,1H3. The zero-order valence-corrected chi connectivity index (χ0v) is 16.3. The lowest BCUT2D eigenvalue weighted by Gasteiger charge is -2.38. The van der Waals surface area contributed by atoms with E-state index >= 15 is 0 Å². The summed E-state index contributed by atoms with van der Waals surface area (Å²) in [7, 11) is 0. The molecule has 3 aliphatic rings. The zero-order chi connectivity index (χ0) is 19.1. The van der Waals surface area contributed by atoms with Crippen molar-refractivity contribution in [2.45, 2.75) is 13.3 Å². The summed E-state index contributed by atoms with van der Waals surface area (Å²) in [5.74, 6) is 0. The topological polar surface area (TPSA) is 6.48 Å². The molecule has 0 radical (unpaired) electrons. The molecule has 3 aliphatic heterocycles. The first kappa shape index (κ1) is 15.5. The molecule has 0 bridgehead atoms. The number of nitrogens with zero attached hydrogens (tertiary/aromatic N) is 2. The minimum absolute atomic E-state index is 0.152. The van der Waals surface area contributed by atoms with Crippen LogP contribution in [0, 0.1) is 6.92 Å². The molecule has 136 valence electrons. The average Bonchev–Trinajstić information content (AvgIpc) is 3.11. The van der Waals surface area contributed by atoms with Crippen LogP contribution >= 0.6 is 0 Å². The molecule has 3 heteroatoms. The van der Waals surface area contributed by atoms with E-state index in [-0.39, 0.29) is 6.98 Å². The molecule has 4 aromatic carbocycles. The van der Waals surface area contributed by atoms with Crippen LogP contribution in [-0.4, -0.2) is 6.98 Å². The van der Waals surface area contributed by atoms with Gasteiger partial charge in [0, 0.05) is 23.4 Å². The first-order valence-electron chi connectivity index (χ1n) is 10.3. The fourth-order valence-electron chi connectivity index (χ4n) is 5.53. The second kappa shape index (κ2) is 5.33. The zero-order valence-electron chi connectivity index (χ0n) is 16.3. The van der Waals surface area contributed by atoms with Gasteiger partial charge in [0.2, 0.25) is 0 Å². The second-order valence-corrected chi connectivity index (χ2v) is 8.31. The van der Waals surface area contributed by atoms with Gasteiger partial charge in [0.25, 0.3) is 0 Å². The molecule has 0 aliphatic carbocycles. The number of para-hydroxylation sites is 2. The smallest absolute Gasteiger partial charge is 0.359 e. The Hall–Kier alpha value is -3.46. The number of hydrogen-bond acceptors (Lipinski definition) is 2. The van der Waals surface area contributed by atoms with Crippen LogP contribution in [0.15, 0.2) is 84.9 Å². The lowest BCUT2D eigenvalue weighted by molar-refractivity contribution is 1.12. The number of anilines is 4. The molecular weight excluding hydrogens is 351 g/mol.